The number of hydrogen-bond acceptors (Lipinski definition) is 5. The van der Waals surface area contributed by atoms with Crippen molar-refractivity contribution in [2.24, 2.45) is 18.4 Å². The van der Waals surface area contributed by atoms with Gasteiger partial charge in [-0.2, -0.15) is 10.4 Å². The molecule has 1 atom stereocenters. The highest BCUT2D eigenvalue weighted by Crippen LogP contribution is 2.51. The molecule has 2 aromatic heterocycles. The number of hydrogen-bond donors (Lipinski definition) is 1. The Bertz CT molecular complexity index is 1370. The Labute approximate surface area is 208 Å². The molecular formula is C26H25ClN6O2. The summed E-state index contributed by atoms with van der Waals surface area (Å²) in [6, 6.07) is 11.3. The first-order valence-electron chi connectivity index (χ1n) is 11.6. The van der Waals surface area contributed by atoms with E-state index in [1.54, 1.807) is 40.9 Å². The highest BCUT2D eigenvalue weighted by atomic mass is 35.5. The molecule has 2 fully saturated rings. The summed E-state index contributed by atoms with van der Waals surface area (Å²) in [5.41, 5.74) is 3.21. The molecule has 35 heavy (non-hydrogen) atoms. The normalized spacial score (nSPS) is 19.6. The predicted octanol–water partition coefficient (Wildman–Crippen LogP) is 4.03. The van der Waals surface area contributed by atoms with Gasteiger partial charge in [-0.15, -0.1) is 0 Å². The van der Waals surface area contributed by atoms with Crippen LogP contribution in [-0.4, -0.2) is 33.1 Å². The van der Waals surface area contributed by atoms with Crippen molar-refractivity contribution in [1.29, 1.82) is 5.26 Å². The number of benzene rings is 1. The molecule has 178 valence electrons. The molecule has 9 heteroatoms. The number of carbonyl (C=O) groups is 2. The third-order valence-electron chi connectivity index (χ3n) is 6.76. The molecule has 1 saturated carbocycles. The summed E-state index contributed by atoms with van der Waals surface area (Å²) >= 11 is 6.32. The fourth-order valence-electron chi connectivity index (χ4n) is 4.82. The van der Waals surface area contributed by atoms with Gasteiger partial charge in [-0.3, -0.25) is 14.3 Å². The van der Waals surface area contributed by atoms with Gasteiger partial charge in [0.1, 0.15) is 11.1 Å². The second kappa shape index (κ2) is 8.82. The van der Waals surface area contributed by atoms with Crippen LogP contribution in [0.25, 0.3) is 11.1 Å². The summed E-state index contributed by atoms with van der Waals surface area (Å²) in [7, 11) is 1.85. The van der Waals surface area contributed by atoms with Crippen molar-refractivity contribution in [3.8, 4) is 17.2 Å². The first-order chi connectivity index (χ1) is 16.8. The van der Waals surface area contributed by atoms with Crippen molar-refractivity contribution in [3.05, 3.63) is 64.7 Å². The SMILES string of the molecule is Cc1cc(N2CC[C@@](C#N)(C3CC3)C2=O)cc(C(=O)NCc2cc(Cl)cc(-c3cnn(C)c3)c2)n1. The van der Waals surface area contributed by atoms with Gasteiger partial charge in [0.15, 0.2) is 0 Å². The molecule has 2 amide bonds. The van der Waals surface area contributed by atoms with Gasteiger partial charge in [-0.1, -0.05) is 11.6 Å². The van der Waals surface area contributed by atoms with Crippen LogP contribution in [0.15, 0.2) is 42.7 Å². The van der Waals surface area contributed by atoms with Gasteiger partial charge in [-0.25, -0.2) is 4.98 Å². The predicted molar refractivity (Wildman–Crippen MR) is 132 cm³/mol. The fraction of sp³-hybridized carbons (Fsp3) is 0.346. The van der Waals surface area contributed by atoms with Crippen LogP contribution in [0.5, 0.6) is 0 Å². The minimum atomic E-state index is -0.932. The summed E-state index contributed by atoms with van der Waals surface area (Å²) in [6.07, 6.45) is 6.01. The van der Waals surface area contributed by atoms with E-state index in [0.29, 0.717) is 29.4 Å². The average molecular weight is 489 g/mol. The minimum absolute atomic E-state index is 0.143. The van der Waals surface area contributed by atoms with E-state index in [4.69, 9.17) is 11.6 Å². The van der Waals surface area contributed by atoms with Crippen LogP contribution in [0.2, 0.25) is 5.02 Å². The van der Waals surface area contributed by atoms with Crippen LogP contribution in [0.3, 0.4) is 0 Å². The second-order valence-electron chi connectivity index (χ2n) is 9.35. The van der Waals surface area contributed by atoms with E-state index in [0.717, 1.165) is 29.5 Å². The highest BCUT2D eigenvalue weighted by Gasteiger charge is 2.56. The zero-order valence-corrected chi connectivity index (χ0v) is 20.3. The third kappa shape index (κ3) is 4.40. The number of nitriles is 1. The maximum atomic E-state index is 13.2. The topological polar surface area (TPSA) is 104 Å². The summed E-state index contributed by atoms with van der Waals surface area (Å²) < 4.78 is 1.72. The molecule has 1 aliphatic heterocycles. The number of pyridine rings is 1. The Morgan fingerprint density at radius 1 is 1.26 bits per heavy atom. The molecule has 1 aromatic carbocycles. The van der Waals surface area contributed by atoms with E-state index in [1.807, 2.05) is 25.4 Å². The lowest BCUT2D eigenvalue weighted by molar-refractivity contribution is -0.123. The number of amides is 2. The number of nitrogens with zero attached hydrogens (tertiary/aromatic N) is 5. The van der Waals surface area contributed by atoms with Crippen molar-refractivity contribution < 1.29 is 9.59 Å². The van der Waals surface area contributed by atoms with Gasteiger partial charge < -0.3 is 10.2 Å². The average Bonchev–Trinajstić information content (AvgIpc) is 3.50. The lowest BCUT2D eigenvalue weighted by Gasteiger charge is -2.21. The molecule has 2 aliphatic rings. The molecule has 0 unspecified atom stereocenters. The summed E-state index contributed by atoms with van der Waals surface area (Å²) in [5, 5.41) is 17.4. The number of aryl methyl sites for hydroxylation is 2. The van der Waals surface area contributed by atoms with Crippen LogP contribution in [0.4, 0.5) is 5.69 Å². The maximum Gasteiger partial charge on any atom is 0.270 e. The largest absolute Gasteiger partial charge is 0.347 e. The zero-order chi connectivity index (χ0) is 24.7. The quantitative estimate of drug-likeness (QED) is 0.564. The first-order valence-corrected chi connectivity index (χ1v) is 12.0. The van der Waals surface area contributed by atoms with Gasteiger partial charge in [0, 0.05) is 48.3 Å². The summed E-state index contributed by atoms with van der Waals surface area (Å²) in [6.45, 7) is 2.52. The number of aromatic nitrogens is 3. The molecule has 5 rings (SSSR count). The molecule has 1 saturated heterocycles. The number of halogens is 1. The lowest BCUT2D eigenvalue weighted by Crippen LogP contribution is -2.35. The van der Waals surface area contributed by atoms with Crippen LogP contribution >= 0.6 is 11.6 Å². The summed E-state index contributed by atoms with van der Waals surface area (Å²) in [5.74, 6) is -0.371. The minimum Gasteiger partial charge on any atom is -0.347 e. The van der Waals surface area contributed by atoms with Crippen LogP contribution < -0.4 is 10.2 Å². The standard InChI is InChI=1S/C26H25ClN6O2/c1-16-7-22(33-6-5-26(15-28,25(33)35)20-3-4-20)11-23(31-16)24(34)29-12-17-8-18(10-21(27)9-17)19-13-30-32(2)14-19/h7-11,13-14,20H,3-6,12H2,1-2H3,(H,29,34)/t26-/m1/s1. The molecule has 1 aliphatic carbocycles. The van der Waals surface area contributed by atoms with Crippen molar-refractivity contribution in [2.75, 3.05) is 11.4 Å². The van der Waals surface area contributed by atoms with Crippen molar-refractivity contribution in [1.82, 2.24) is 20.1 Å². The fourth-order valence-corrected chi connectivity index (χ4v) is 5.08. The molecule has 8 nitrogen and oxygen atoms in total. The van der Waals surface area contributed by atoms with Gasteiger partial charge >= 0.3 is 0 Å². The Morgan fingerprint density at radius 3 is 2.74 bits per heavy atom. The summed E-state index contributed by atoms with van der Waals surface area (Å²) in [4.78, 5) is 32.2. The molecule has 1 N–H and O–H groups in total. The third-order valence-corrected chi connectivity index (χ3v) is 6.98. The highest BCUT2D eigenvalue weighted by molar-refractivity contribution is 6.31. The van der Waals surface area contributed by atoms with E-state index in [2.05, 4.69) is 21.5 Å². The molecular weight excluding hydrogens is 464 g/mol. The number of carbonyl (C=O) groups excluding carboxylic acids is 2. The zero-order valence-electron chi connectivity index (χ0n) is 19.6. The van der Waals surface area contributed by atoms with E-state index in [9.17, 15) is 14.9 Å². The Morgan fingerprint density at radius 2 is 2.06 bits per heavy atom. The molecule has 3 aromatic rings. The van der Waals surface area contributed by atoms with Crippen LogP contribution in [-0.2, 0) is 18.4 Å². The van der Waals surface area contributed by atoms with Crippen molar-refractivity contribution in [2.45, 2.75) is 32.7 Å². The van der Waals surface area contributed by atoms with Gasteiger partial charge in [0.2, 0.25) is 5.91 Å². The Kier molecular flexibility index (Phi) is 5.81. The van der Waals surface area contributed by atoms with E-state index in [-0.39, 0.29) is 30.0 Å². The monoisotopic (exact) mass is 488 g/mol. The van der Waals surface area contributed by atoms with Crippen molar-refractivity contribution in [3.63, 3.8) is 0 Å². The van der Waals surface area contributed by atoms with Crippen molar-refractivity contribution >= 4 is 29.1 Å². The lowest BCUT2D eigenvalue weighted by atomic mass is 9.83. The van der Waals surface area contributed by atoms with Gasteiger partial charge in [0.05, 0.1) is 12.3 Å². The number of rotatable bonds is 6. The molecule has 0 bridgehead atoms. The Hall–Kier alpha value is -3.70. The first kappa shape index (κ1) is 23.1. The smallest absolute Gasteiger partial charge is 0.270 e. The molecule has 3 heterocycles. The molecule has 0 radical (unpaired) electrons. The van der Waals surface area contributed by atoms with E-state index in [1.165, 1.54) is 0 Å². The second-order valence-corrected chi connectivity index (χ2v) is 9.79. The Balaban J connectivity index is 1.33. The molecule has 0 spiro atoms. The van der Waals surface area contributed by atoms with Gasteiger partial charge in [0.25, 0.3) is 5.91 Å². The maximum absolute atomic E-state index is 13.2. The van der Waals surface area contributed by atoms with Crippen LogP contribution in [0, 0.1) is 29.6 Å². The van der Waals surface area contributed by atoms with Gasteiger partial charge in [-0.05, 0) is 73.6 Å². The van der Waals surface area contributed by atoms with Crippen LogP contribution in [0.1, 0.15) is 41.0 Å². The number of nitrogens with one attached hydrogen (secondary N) is 1. The van der Waals surface area contributed by atoms with E-state index >= 15 is 0 Å². The van der Waals surface area contributed by atoms with E-state index < -0.39 is 5.41 Å². The number of anilines is 1.